The van der Waals surface area contributed by atoms with Crippen LogP contribution in [0.5, 0.6) is 0 Å². The molecule has 0 bridgehead atoms. The second-order valence-electron chi connectivity index (χ2n) is 4.11. The Balaban J connectivity index is 2.54. The molecule has 0 saturated carbocycles. The van der Waals surface area contributed by atoms with Crippen molar-refractivity contribution in [2.75, 3.05) is 6.61 Å². The number of rotatable bonds is 4. The van der Waals surface area contributed by atoms with Crippen LogP contribution in [0.2, 0.25) is 0 Å². The second-order valence-corrected chi connectivity index (χ2v) is 5.30. The van der Waals surface area contributed by atoms with Gasteiger partial charge in [0.1, 0.15) is 0 Å². The lowest BCUT2D eigenvalue weighted by Gasteiger charge is -2.26. The molecule has 0 fully saturated rings. The Morgan fingerprint density at radius 3 is 1.79 bits per heavy atom. The zero-order valence-electron chi connectivity index (χ0n) is 10.7. The molecule has 0 aliphatic rings. The van der Waals surface area contributed by atoms with Crippen LogP contribution in [0.25, 0.3) is 0 Å². The predicted octanol–water partition coefficient (Wildman–Crippen LogP) is 3.89. The normalized spacial score (nSPS) is 11.1. The minimum Gasteiger partial charge on any atom is -0.464 e. The standard InChI is InChI=1S/C16H15BrO2/c1-2-19-15(18)16(17,13-9-5-3-6-10-13)14-11-7-4-8-12-14/h3-12H,2H2,1H3. The van der Waals surface area contributed by atoms with Gasteiger partial charge in [-0.2, -0.15) is 0 Å². The topological polar surface area (TPSA) is 26.3 Å². The van der Waals surface area contributed by atoms with Crippen molar-refractivity contribution in [3.05, 3.63) is 71.8 Å². The quantitative estimate of drug-likeness (QED) is 0.631. The van der Waals surface area contributed by atoms with Crippen LogP contribution in [0, 0.1) is 0 Å². The number of hydrogen-bond donors (Lipinski definition) is 0. The summed E-state index contributed by atoms with van der Waals surface area (Å²) in [7, 11) is 0. The van der Waals surface area contributed by atoms with Gasteiger partial charge in [0.15, 0.2) is 4.32 Å². The molecule has 0 spiro atoms. The van der Waals surface area contributed by atoms with Crippen molar-refractivity contribution in [3.8, 4) is 0 Å². The van der Waals surface area contributed by atoms with Crippen LogP contribution in [0.15, 0.2) is 60.7 Å². The smallest absolute Gasteiger partial charge is 0.332 e. The molecular formula is C16H15BrO2. The van der Waals surface area contributed by atoms with E-state index in [1.807, 2.05) is 60.7 Å². The number of carbonyl (C=O) groups is 1. The Morgan fingerprint density at radius 2 is 1.42 bits per heavy atom. The first kappa shape index (κ1) is 13.8. The molecule has 0 N–H and O–H groups in total. The molecule has 2 aromatic rings. The zero-order valence-corrected chi connectivity index (χ0v) is 12.3. The van der Waals surface area contributed by atoms with Crippen LogP contribution < -0.4 is 0 Å². The van der Waals surface area contributed by atoms with E-state index < -0.39 is 4.32 Å². The van der Waals surface area contributed by atoms with E-state index in [0.29, 0.717) is 6.61 Å². The van der Waals surface area contributed by atoms with Gasteiger partial charge in [-0.15, -0.1) is 0 Å². The molecule has 98 valence electrons. The van der Waals surface area contributed by atoms with E-state index in [4.69, 9.17) is 4.74 Å². The SMILES string of the molecule is CCOC(=O)C(Br)(c1ccccc1)c1ccccc1. The minimum absolute atomic E-state index is 0.299. The van der Waals surface area contributed by atoms with Gasteiger partial charge >= 0.3 is 5.97 Å². The van der Waals surface area contributed by atoms with Crippen LogP contribution in [0.3, 0.4) is 0 Å². The van der Waals surface area contributed by atoms with Gasteiger partial charge in [0.05, 0.1) is 6.61 Å². The van der Waals surface area contributed by atoms with Crippen molar-refractivity contribution in [3.63, 3.8) is 0 Å². The number of hydrogen-bond acceptors (Lipinski definition) is 2. The maximum atomic E-state index is 12.4. The fourth-order valence-electron chi connectivity index (χ4n) is 1.97. The maximum Gasteiger partial charge on any atom is 0.332 e. The van der Waals surface area contributed by atoms with Crippen LogP contribution in [0.1, 0.15) is 18.1 Å². The van der Waals surface area contributed by atoms with Crippen molar-refractivity contribution >= 4 is 21.9 Å². The first-order valence-electron chi connectivity index (χ1n) is 6.16. The molecule has 0 aromatic heterocycles. The lowest BCUT2D eigenvalue weighted by Crippen LogP contribution is -2.32. The maximum absolute atomic E-state index is 12.4. The summed E-state index contributed by atoms with van der Waals surface area (Å²) < 4.78 is 4.28. The molecule has 0 radical (unpaired) electrons. The van der Waals surface area contributed by atoms with Gasteiger partial charge in [0.2, 0.25) is 0 Å². The summed E-state index contributed by atoms with van der Waals surface area (Å²) in [6, 6.07) is 19.1. The first-order valence-corrected chi connectivity index (χ1v) is 6.96. The molecule has 2 rings (SSSR count). The van der Waals surface area contributed by atoms with E-state index in [2.05, 4.69) is 15.9 Å². The van der Waals surface area contributed by atoms with Crippen molar-refractivity contribution in [1.82, 2.24) is 0 Å². The Kier molecular flexibility index (Phi) is 4.38. The number of carbonyl (C=O) groups excluding carboxylic acids is 1. The van der Waals surface area contributed by atoms with Gasteiger partial charge in [-0.25, -0.2) is 4.79 Å². The molecule has 19 heavy (non-hydrogen) atoms. The number of halogens is 1. The number of ether oxygens (including phenoxy) is 1. The fourth-order valence-corrected chi connectivity index (χ4v) is 2.61. The molecule has 0 aliphatic carbocycles. The van der Waals surface area contributed by atoms with Crippen molar-refractivity contribution in [2.24, 2.45) is 0 Å². The van der Waals surface area contributed by atoms with Gasteiger partial charge < -0.3 is 4.74 Å². The predicted molar refractivity (Wildman–Crippen MR) is 79.2 cm³/mol. The van der Waals surface area contributed by atoms with Crippen molar-refractivity contribution in [1.29, 1.82) is 0 Å². The highest BCUT2D eigenvalue weighted by molar-refractivity contribution is 9.10. The summed E-state index contributed by atoms with van der Waals surface area (Å²) in [6.07, 6.45) is 0. The Labute approximate surface area is 121 Å². The molecule has 0 heterocycles. The van der Waals surface area contributed by atoms with Crippen molar-refractivity contribution in [2.45, 2.75) is 11.2 Å². The van der Waals surface area contributed by atoms with Gasteiger partial charge in [-0.1, -0.05) is 76.6 Å². The van der Waals surface area contributed by atoms with Gasteiger partial charge in [-0.05, 0) is 18.1 Å². The fraction of sp³-hybridized carbons (Fsp3) is 0.188. The van der Waals surface area contributed by atoms with E-state index in [1.54, 1.807) is 6.92 Å². The van der Waals surface area contributed by atoms with E-state index in [-0.39, 0.29) is 5.97 Å². The summed E-state index contributed by atoms with van der Waals surface area (Å²) in [5, 5.41) is 0. The number of benzene rings is 2. The highest BCUT2D eigenvalue weighted by Gasteiger charge is 2.40. The summed E-state index contributed by atoms with van der Waals surface area (Å²) in [4.78, 5) is 12.4. The van der Waals surface area contributed by atoms with Crippen molar-refractivity contribution < 1.29 is 9.53 Å². The highest BCUT2D eigenvalue weighted by atomic mass is 79.9. The number of esters is 1. The molecular weight excluding hydrogens is 304 g/mol. The Morgan fingerprint density at radius 1 is 1.00 bits per heavy atom. The molecule has 2 nitrogen and oxygen atoms in total. The van der Waals surface area contributed by atoms with E-state index in [1.165, 1.54) is 0 Å². The average Bonchev–Trinajstić information content (AvgIpc) is 2.48. The average molecular weight is 319 g/mol. The largest absolute Gasteiger partial charge is 0.464 e. The summed E-state index contributed by atoms with van der Waals surface area (Å²) >= 11 is 3.59. The van der Waals surface area contributed by atoms with Crippen LogP contribution in [0.4, 0.5) is 0 Å². The monoisotopic (exact) mass is 318 g/mol. The second kappa shape index (κ2) is 6.02. The molecule has 0 aliphatic heterocycles. The Bertz CT molecular complexity index is 498. The van der Waals surface area contributed by atoms with E-state index >= 15 is 0 Å². The lowest BCUT2D eigenvalue weighted by atomic mass is 9.91. The van der Waals surface area contributed by atoms with Gasteiger partial charge in [0.25, 0.3) is 0 Å². The van der Waals surface area contributed by atoms with Crippen LogP contribution >= 0.6 is 15.9 Å². The summed E-state index contributed by atoms with van der Waals surface area (Å²) in [5.41, 5.74) is 1.72. The summed E-state index contributed by atoms with van der Waals surface area (Å²) in [5.74, 6) is -0.299. The highest BCUT2D eigenvalue weighted by Crippen LogP contribution is 2.39. The third-order valence-corrected chi connectivity index (χ3v) is 4.14. The number of alkyl halides is 1. The van der Waals surface area contributed by atoms with Crippen LogP contribution in [-0.2, 0) is 13.9 Å². The lowest BCUT2D eigenvalue weighted by molar-refractivity contribution is -0.144. The molecule has 0 saturated heterocycles. The molecule has 0 unspecified atom stereocenters. The Hall–Kier alpha value is -1.61. The zero-order chi connectivity index (χ0) is 13.7. The molecule has 0 atom stereocenters. The molecule has 0 amide bonds. The third-order valence-electron chi connectivity index (χ3n) is 2.90. The molecule has 3 heteroatoms. The first-order chi connectivity index (χ1) is 9.19. The summed E-state index contributed by atoms with van der Waals surface area (Å²) in [6.45, 7) is 2.16. The van der Waals surface area contributed by atoms with E-state index in [9.17, 15) is 4.79 Å². The molecule has 2 aromatic carbocycles. The third kappa shape index (κ3) is 2.71. The van der Waals surface area contributed by atoms with Gasteiger partial charge in [0, 0.05) is 0 Å². The minimum atomic E-state index is -0.953. The van der Waals surface area contributed by atoms with Crippen LogP contribution in [-0.4, -0.2) is 12.6 Å². The van der Waals surface area contributed by atoms with Gasteiger partial charge in [-0.3, -0.25) is 0 Å². The van der Waals surface area contributed by atoms with E-state index in [0.717, 1.165) is 11.1 Å².